The number of aryl methyl sites for hydroxylation is 2. The maximum Gasteiger partial charge on any atom is 0.267 e. The zero-order valence-electron chi connectivity index (χ0n) is 17.6. The highest BCUT2D eigenvalue weighted by Crippen LogP contribution is 2.30. The number of nitrogens with one attached hydrogen (secondary N) is 1. The SMILES string of the molecule is Cc1cc(C)n(-c2ccc(=O)n(C3CCC(Nc4ncnc5ncccc45)CC3)n2)n1. The average Bonchev–Trinajstić information content (AvgIpc) is 3.13. The number of hydrogen-bond acceptors (Lipinski definition) is 7. The second kappa shape index (κ2) is 7.90. The topological polar surface area (TPSA) is 103 Å². The van der Waals surface area contributed by atoms with E-state index in [2.05, 4.69) is 30.5 Å². The smallest absolute Gasteiger partial charge is 0.267 e. The third kappa shape index (κ3) is 3.78. The first kappa shape index (κ1) is 19.3. The summed E-state index contributed by atoms with van der Waals surface area (Å²) in [6.45, 7) is 3.94. The lowest BCUT2D eigenvalue weighted by Crippen LogP contribution is -2.33. The molecule has 0 radical (unpaired) electrons. The normalized spacial score (nSPS) is 18.9. The Morgan fingerprint density at radius 1 is 1.00 bits per heavy atom. The highest BCUT2D eigenvalue weighted by atomic mass is 16.1. The fraction of sp³-hybridized carbons (Fsp3) is 0.364. The van der Waals surface area contributed by atoms with Crippen molar-refractivity contribution in [1.29, 1.82) is 0 Å². The van der Waals surface area contributed by atoms with Crippen LogP contribution in [0.1, 0.15) is 43.1 Å². The Hall–Kier alpha value is -3.62. The van der Waals surface area contributed by atoms with Crippen LogP contribution in [-0.4, -0.2) is 40.6 Å². The van der Waals surface area contributed by atoms with Crippen molar-refractivity contribution < 1.29 is 0 Å². The Bertz CT molecular complexity index is 1280. The van der Waals surface area contributed by atoms with Crippen molar-refractivity contribution in [2.45, 2.75) is 51.6 Å². The number of fused-ring (bicyclic) bond motifs is 1. The molecule has 4 heterocycles. The Morgan fingerprint density at radius 3 is 2.61 bits per heavy atom. The van der Waals surface area contributed by atoms with Crippen LogP contribution in [0.2, 0.25) is 0 Å². The summed E-state index contributed by atoms with van der Waals surface area (Å²) in [4.78, 5) is 25.5. The molecule has 0 amide bonds. The molecule has 0 saturated heterocycles. The van der Waals surface area contributed by atoms with Gasteiger partial charge in [-0.15, -0.1) is 5.10 Å². The summed E-state index contributed by atoms with van der Waals surface area (Å²) < 4.78 is 3.42. The molecule has 1 fully saturated rings. The number of aromatic nitrogens is 7. The largest absolute Gasteiger partial charge is 0.367 e. The molecule has 0 aromatic carbocycles. The van der Waals surface area contributed by atoms with Gasteiger partial charge in [-0.25, -0.2) is 24.3 Å². The summed E-state index contributed by atoms with van der Waals surface area (Å²) in [7, 11) is 0. The Balaban J connectivity index is 1.32. The fourth-order valence-electron chi connectivity index (χ4n) is 4.32. The number of pyridine rings is 1. The molecule has 1 aliphatic rings. The first-order valence-corrected chi connectivity index (χ1v) is 10.5. The zero-order chi connectivity index (χ0) is 21.4. The van der Waals surface area contributed by atoms with Crippen molar-refractivity contribution in [3.63, 3.8) is 0 Å². The molecule has 31 heavy (non-hydrogen) atoms. The third-order valence-corrected chi connectivity index (χ3v) is 5.83. The van der Waals surface area contributed by atoms with E-state index in [9.17, 15) is 4.79 Å². The second-order valence-electron chi connectivity index (χ2n) is 8.06. The molecule has 4 aromatic rings. The van der Waals surface area contributed by atoms with Crippen LogP contribution in [0.5, 0.6) is 0 Å². The molecule has 158 valence electrons. The summed E-state index contributed by atoms with van der Waals surface area (Å²) in [6.07, 6.45) is 6.86. The van der Waals surface area contributed by atoms with Gasteiger partial charge in [0.2, 0.25) is 0 Å². The number of nitrogens with zero attached hydrogens (tertiary/aromatic N) is 7. The summed E-state index contributed by atoms with van der Waals surface area (Å²) >= 11 is 0. The van der Waals surface area contributed by atoms with Gasteiger partial charge in [0.05, 0.1) is 17.1 Å². The molecule has 9 nitrogen and oxygen atoms in total. The van der Waals surface area contributed by atoms with E-state index < -0.39 is 0 Å². The predicted molar refractivity (Wildman–Crippen MR) is 117 cm³/mol. The molecule has 5 rings (SSSR count). The molecular formula is C22H24N8O. The lowest BCUT2D eigenvalue weighted by atomic mass is 9.91. The van der Waals surface area contributed by atoms with Gasteiger partial charge in [0.15, 0.2) is 11.5 Å². The van der Waals surface area contributed by atoms with E-state index in [1.54, 1.807) is 27.7 Å². The lowest BCUT2D eigenvalue weighted by Gasteiger charge is -2.30. The van der Waals surface area contributed by atoms with Crippen LogP contribution < -0.4 is 10.9 Å². The van der Waals surface area contributed by atoms with Crippen LogP contribution >= 0.6 is 0 Å². The number of rotatable bonds is 4. The van der Waals surface area contributed by atoms with Crippen molar-refractivity contribution >= 4 is 16.9 Å². The van der Waals surface area contributed by atoms with Gasteiger partial charge in [-0.1, -0.05) is 0 Å². The van der Waals surface area contributed by atoms with Crippen molar-refractivity contribution in [2.75, 3.05) is 5.32 Å². The summed E-state index contributed by atoms with van der Waals surface area (Å²) in [5.74, 6) is 1.48. The molecule has 9 heteroatoms. The van der Waals surface area contributed by atoms with Crippen LogP contribution in [-0.2, 0) is 0 Å². The Morgan fingerprint density at radius 2 is 1.84 bits per heavy atom. The van der Waals surface area contributed by atoms with E-state index in [4.69, 9.17) is 0 Å². The fourth-order valence-corrected chi connectivity index (χ4v) is 4.32. The Kier molecular flexibility index (Phi) is 4.93. The monoisotopic (exact) mass is 416 g/mol. The van der Waals surface area contributed by atoms with Crippen LogP contribution in [0.4, 0.5) is 5.82 Å². The van der Waals surface area contributed by atoms with Gasteiger partial charge < -0.3 is 5.32 Å². The molecule has 4 aromatic heterocycles. The minimum atomic E-state index is -0.0745. The maximum absolute atomic E-state index is 12.5. The van der Waals surface area contributed by atoms with E-state index in [1.165, 1.54) is 6.33 Å². The van der Waals surface area contributed by atoms with Gasteiger partial charge in [0, 0.05) is 24.0 Å². The quantitative estimate of drug-likeness (QED) is 0.545. The van der Waals surface area contributed by atoms with Gasteiger partial charge >= 0.3 is 0 Å². The summed E-state index contributed by atoms with van der Waals surface area (Å²) in [6, 6.07) is 9.55. The van der Waals surface area contributed by atoms with Gasteiger partial charge in [-0.3, -0.25) is 4.79 Å². The van der Waals surface area contributed by atoms with Gasteiger partial charge in [-0.05, 0) is 63.8 Å². The van der Waals surface area contributed by atoms with E-state index in [1.807, 2.05) is 32.0 Å². The van der Waals surface area contributed by atoms with Crippen LogP contribution in [0.25, 0.3) is 16.9 Å². The van der Waals surface area contributed by atoms with Crippen molar-refractivity contribution in [2.24, 2.45) is 0 Å². The molecule has 0 aliphatic heterocycles. The minimum Gasteiger partial charge on any atom is -0.367 e. The van der Waals surface area contributed by atoms with E-state index in [0.29, 0.717) is 11.5 Å². The zero-order valence-corrected chi connectivity index (χ0v) is 17.6. The van der Waals surface area contributed by atoms with Crippen molar-refractivity contribution in [1.82, 2.24) is 34.5 Å². The molecule has 1 saturated carbocycles. The number of hydrogen-bond donors (Lipinski definition) is 1. The second-order valence-corrected chi connectivity index (χ2v) is 8.06. The highest BCUT2D eigenvalue weighted by Gasteiger charge is 2.25. The molecule has 0 unspecified atom stereocenters. The molecule has 0 atom stereocenters. The molecule has 1 N–H and O–H groups in total. The molecule has 1 aliphatic carbocycles. The van der Waals surface area contributed by atoms with Crippen LogP contribution in [0.15, 0.2) is 47.7 Å². The highest BCUT2D eigenvalue weighted by molar-refractivity contribution is 5.85. The first-order valence-electron chi connectivity index (χ1n) is 10.5. The maximum atomic E-state index is 12.5. The average molecular weight is 416 g/mol. The lowest BCUT2D eigenvalue weighted by molar-refractivity contribution is 0.302. The molecular weight excluding hydrogens is 392 g/mol. The van der Waals surface area contributed by atoms with E-state index in [-0.39, 0.29) is 17.6 Å². The molecule has 0 spiro atoms. The standard InChI is InChI=1S/C22H24N8O/c1-14-12-15(2)29(27-14)19-9-10-20(31)30(28-19)17-7-5-16(6-8-17)26-22-18-4-3-11-23-21(18)24-13-25-22/h3-4,9-13,16-17H,5-8H2,1-2H3,(H,23,24,25,26). The summed E-state index contributed by atoms with van der Waals surface area (Å²) in [5.41, 5.74) is 2.53. The molecule has 0 bridgehead atoms. The van der Waals surface area contributed by atoms with Gasteiger partial charge in [-0.2, -0.15) is 5.10 Å². The third-order valence-electron chi connectivity index (χ3n) is 5.83. The van der Waals surface area contributed by atoms with E-state index in [0.717, 1.165) is 48.3 Å². The van der Waals surface area contributed by atoms with Crippen LogP contribution in [0.3, 0.4) is 0 Å². The summed E-state index contributed by atoms with van der Waals surface area (Å²) in [5, 5.41) is 13.6. The van der Waals surface area contributed by atoms with Gasteiger partial charge in [0.1, 0.15) is 12.1 Å². The van der Waals surface area contributed by atoms with Crippen molar-refractivity contribution in [3.8, 4) is 5.82 Å². The Labute approximate surface area is 179 Å². The first-order chi connectivity index (χ1) is 15.1. The van der Waals surface area contributed by atoms with Crippen molar-refractivity contribution in [3.05, 3.63) is 64.6 Å². The van der Waals surface area contributed by atoms with Gasteiger partial charge in [0.25, 0.3) is 5.56 Å². The van der Waals surface area contributed by atoms with E-state index >= 15 is 0 Å². The number of anilines is 1. The minimum absolute atomic E-state index is 0.0745. The van der Waals surface area contributed by atoms with Crippen LogP contribution in [0, 0.1) is 13.8 Å². The predicted octanol–water partition coefficient (Wildman–Crippen LogP) is 2.98.